The Balaban J connectivity index is 1.28. The highest BCUT2D eigenvalue weighted by Gasteiger charge is 2.41. The van der Waals surface area contributed by atoms with Crippen LogP contribution in [0.4, 0.5) is 4.39 Å². The van der Waals surface area contributed by atoms with Gasteiger partial charge in [-0.1, -0.05) is 24.4 Å². The minimum absolute atomic E-state index is 0.0474. The van der Waals surface area contributed by atoms with Crippen molar-refractivity contribution in [3.8, 4) is 17.2 Å². The van der Waals surface area contributed by atoms with Gasteiger partial charge in [0.25, 0.3) is 0 Å². The van der Waals surface area contributed by atoms with Gasteiger partial charge in [-0.2, -0.15) is 0 Å². The van der Waals surface area contributed by atoms with E-state index < -0.39 is 5.83 Å². The molecule has 7 nitrogen and oxygen atoms in total. The van der Waals surface area contributed by atoms with Gasteiger partial charge >= 0.3 is 0 Å². The van der Waals surface area contributed by atoms with Crippen molar-refractivity contribution in [2.24, 2.45) is 11.1 Å². The number of aromatic nitrogens is 1. The summed E-state index contributed by atoms with van der Waals surface area (Å²) in [5.41, 5.74) is 3.93. The molecule has 0 bridgehead atoms. The smallest absolute Gasteiger partial charge is 0.164 e. The van der Waals surface area contributed by atoms with Crippen molar-refractivity contribution in [1.29, 1.82) is 0 Å². The number of ether oxygens (including phenoxy) is 3. The number of allylic oxidation sites excluding steroid dienone is 1. The van der Waals surface area contributed by atoms with E-state index >= 15 is 0 Å². The number of hydrogen-bond acceptors (Lipinski definition) is 6. The van der Waals surface area contributed by atoms with E-state index in [4.69, 9.17) is 19.0 Å². The molecule has 1 aromatic carbocycles. The van der Waals surface area contributed by atoms with E-state index in [2.05, 4.69) is 34.3 Å². The first kappa shape index (κ1) is 22.3. The van der Waals surface area contributed by atoms with Crippen LogP contribution in [0.2, 0.25) is 0 Å². The molecule has 3 aliphatic heterocycles. The molecule has 5 rings (SSSR count). The molecule has 3 aliphatic rings. The number of nitrogens with one attached hydrogen (secondary N) is 1. The van der Waals surface area contributed by atoms with Crippen molar-refractivity contribution < 1.29 is 23.4 Å². The molecule has 0 radical (unpaired) electrons. The van der Waals surface area contributed by atoms with Crippen LogP contribution in [0.15, 0.2) is 42.0 Å². The van der Waals surface area contributed by atoms with Gasteiger partial charge < -0.3 is 24.0 Å². The van der Waals surface area contributed by atoms with Crippen LogP contribution in [0.25, 0.3) is 18.2 Å². The minimum atomic E-state index is -0.481. The number of aromatic amines is 1. The third kappa shape index (κ3) is 3.98. The van der Waals surface area contributed by atoms with Gasteiger partial charge in [0.1, 0.15) is 23.9 Å². The van der Waals surface area contributed by atoms with E-state index in [-0.39, 0.29) is 12.0 Å². The molecule has 34 heavy (non-hydrogen) atoms. The lowest BCUT2D eigenvalue weighted by Gasteiger charge is -2.31. The second-order valence-corrected chi connectivity index (χ2v) is 8.67. The summed E-state index contributed by atoms with van der Waals surface area (Å²) < 4.78 is 30.3. The van der Waals surface area contributed by atoms with E-state index in [1.807, 2.05) is 18.3 Å². The number of nitrogens with zero attached hydrogens (tertiary/aromatic N) is 2. The Morgan fingerprint density at radius 3 is 2.79 bits per heavy atom. The quantitative estimate of drug-likeness (QED) is 0.711. The van der Waals surface area contributed by atoms with Crippen LogP contribution in [0, 0.1) is 5.92 Å². The predicted octanol–water partition coefficient (Wildman–Crippen LogP) is 2.61. The van der Waals surface area contributed by atoms with Crippen LogP contribution < -0.4 is 24.8 Å². The number of oxime groups is 1. The van der Waals surface area contributed by atoms with Gasteiger partial charge in [0.2, 0.25) is 0 Å². The molecular weight excluding hydrogens is 437 g/mol. The summed E-state index contributed by atoms with van der Waals surface area (Å²) in [6.45, 7) is 10.2. The number of hydrogen-bond donors (Lipinski definition) is 1. The fraction of sp³-hybridized carbons (Fsp3) is 0.346. The molecule has 0 amide bonds. The third-order valence-corrected chi connectivity index (χ3v) is 6.65. The number of fused-ring (bicyclic) bond motifs is 3. The molecule has 2 aromatic rings. The fourth-order valence-electron chi connectivity index (χ4n) is 4.84. The Labute approximate surface area is 197 Å². The summed E-state index contributed by atoms with van der Waals surface area (Å²) in [5, 5.41) is 5.87. The van der Waals surface area contributed by atoms with Crippen LogP contribution in [-0.4, -0.2) is 62.2 Å². The summed E-state index contributed by atoms with van der Waals surface area (Å²) >= 11 is 0. The Morgan fingerprint density at radius 2 is 2.09 bits per heavy atom. The second-order valence-electron chi connectivity index (χ2n) is 8.67. The van der Waals surface area contributed by atoms with Gasteiger partial charge in [-0.3, -0.25) is 4.90 Å². The largest absolute Gasteiger partial charge is 0.493 e. The first-order valence-corrected chi connectivity index (χ1v) is 11.3. The Bertz CT molecular complexity index is 1300. The molecule has 2 unspecified atom stereocenters. The highest BCUT2D eigenvalue weighted by Crippen LogP contribution is 2.41. The summed E-state index contributed by atoms with van der Waals surface area (Å²) in [4.78, 5) is 11.3. The predicted molar refractivity (Wildman–Crippen MR) is 129 cm³/mol. The first-order chi connectivity index (χ1) is 16.5. The number of halogens is 1. The van der Waals surface area contributed by atoms with Crippen LogP contribution in [0.1, 0.15) is 17.5 Å². The molecule has 0 fully saturated rings. The SMILES string of the molecule is C=C(F)/C=c1/c(C2=CCN(CC3ON=C4c5cc(OC)c(OC)cc5OCC43)CC2)c[nH]c1=C. The normalized spacial score (nSPS) is 22.1. The van der Waals surface area contributed by atoms with Gasteiger partial charge in [-0.15, -0.1) is 0 Å². The maximum Gasteiger partial charge on any atom is 0.164 e. The van der Waals surface area contributed by atoms with E-state index in [9.17, 15) is 4.39 Å². The summed E-state index contributed by atoms with van der Waals surface area (Å²) in [6.07, 6.45) is 6.25. The molecule has 0 saturated carbocycles. The molecular formula is C26H28FN3O4. The Hall–Kier alpha value is -3.52. The van der Waals surface area contributed by atoms with E-state index in [0.29, 0.717) is 23.5 Å². The van der Waals surface area contributed by atoms with Gasteiger partial charge in [-0.25, -0.2) is 4.39 Å². The van der Waals surface area contributed by atoms with E-state index in [0.717, 1.165) is 53.9 Å². The zero-order valence-electron chi connectivity index (χ0n) is 19.4. The lowest BCUT2D eigenvalue weighted by Crippen LogP contribution is -2.42. The highest BCUT2D eigenvalue weighted by molar-refractivity contribution is 6.06. The van der Waals surface area contributed by atoms with E-state index in [1.54, 1.807) is 14.2 Å². The lowest BCUT2D eigenvalue weighted by molar-refractivity contribution is 0.0236. The molecule has 0 aliphatic carbocycles. The van der Waals surface area contributed by atoms with E-state index in [1.165, 1.54) is 11.6 Å². The van der Waals surface area contributed by atoms with Crippen molar-refractivity contribution in [2.45, 2.75) is 12.5 Å². The van der Waals surface area contributed by atoms with Gasteiger partial charge in [0.05, 0.1) is 20.1 Å². The molecule has 1 N–H and O–H groups in total. The summed E-state index contributed by atoms with van der Waals surface area (Å²) in [7, 11) is 3.21. The molecule has 2 atom stereocenters. The maximum absolute atomic E-state index is 13.4. The molecule has 0 saturated heterocycles. The zero-order chi connectivity index (χ0) is 23.8. The first-order valence-electron chi connectivity index (χ1n) is 11.3. The number of rotatable bonds is 6. The van der Waals surface area contributed by atoms with Crippen LogP contribution >= 0.6 is 0 Å². The van der Waals surface area contributed by atoms with Gasteiger partial charge in [0, 0.05) is 53.6 Å². The third-order valence-electron chi connectivity index (χ3n) is 6.65. The summed E-state index contributed by atoms with van der Waals surface area (Å²) in [5.74, 6) is 1.55. The zero-order valence-corrected chi connectivity index (χ0v) is 19.4. The highest BCUT2D eigenvalue weighted by atomic mass is 19.1. The topological polar surface area (TPSA) is 68.3 Å². The minimum Gasteiger partial charge on any atom is -0.493 e. The molecule has 1 aromatic heterocycles. The maximum atomic E-state index is 13.4. The van der Waals surface area contributed by atoms with Crippen molar-refractivity contribution in [1.82, 2.24) is 9.88 Å². The van der Waals surface area contributed by atoms with Crippen molar-refractivity contribution in [3.63, 3.8) is 0 Å². The number of benzene rings is 1. The summed E-state index contributed by atoms with van der Waals surface area (Å²) in [6, 6.07) is 3.73. The molecule has 178 valence electrons. The van der Waals surface area contributed by atoms with Crippen molar-refractivity contribution in [3.05, 3.63) is 58.5 Å². The number of methoxy groups -OCH3 is 2. The monoisotopic (exact) mass is 465 g/mol. The fourth-order valence-corrected chi connectivity index (χ4v) is 4.84. The molecule has 0 spiro atoms. The van der Waals surface area contributed by atoms with Crippen LogP contribution in [-0.2, 0) is 4.84 Å². The Morgan fingerprint density at radius 1 is 1.29 bits per heavy atom. The Kier molecular flexibility index (Phi) is 5.91. The van der Waals surface area contributed by atoms with Crippen molar-refractivity contribution >= 4 is 23.9 Å². The lowest BCUT2D eigenvalue weighted by atomic mass is 9.89. The van der Waals surface area contributed by atoms with Gasteiger partial charge in [0.15, 0.2) is 17.6 Å². The second kappa shape index (κ2) is 9.02. The van der Waals surface area contributed by atoms with Crippen molar-refractivity contribution in [2.75, 3.05) is 40.5 Å². The molecule has 4 heterocycles. The average Bonchev–Trinajstić information content (AvgIpc) is 3.42. The van der Waals surface area contributed by atoms with Crippen LogP contribution in [0.3, 0.4) is 0 Å². The van der Waals surface area contributed by atoms with Gasteiger partial charge in [-0.05, 0) is 24.1 Å². The number of H-pyrrole nitrogens is 1. The molecule has 8 heteroatoms. The van der Waals surface area contributed by atoms with Crippen LogP contribution in [0.5, 0.6) is 17.2 Å². The standard InChI is InChI=1S/C26H28FN3O4/c1-15(27)9-18-16(2)28-12-20(18)17-5-7-30(8-6-17)13-25-21-14-33-22-11-24(32-4)23(31-3)10-19(22)26(21)29-34-25/h5,9-12,21,25,28H,1-2,6-8,13-14H2,3-4H3/b18-9+. The average molecular weight is 466 g/mol.